The van der Waals surface area contributed by atoms with E-state index in [9.17, 15) is 0 Å². The lowest BCUT2D eigenvalue weighted by Gasteiger charge is -2.11. The van der Waals surface area contributed by atoms with E-state index >= 15 is 0 Å². The second kappa shape index (κ2) is 5.47. The molecule has 0 spiro atoms. The summed E-state index contributed by atoms with van der Waals surface area (Å²) in [5.74, 6) is 0.644. The molecule has 0 bridgehead atoms. The van der Waals surface area contributed by atoms with Crippen molar-refractivity contribution >= 4 is 34.3 Å². The first kappa shape index (κ1) is 13.5. The van der Waals surface area contributed by atoms with Crippen LogP contribution in [0.4, 0.5) is 0 Å². The van der Waals surface area contributed by atoms with Crippen LogP contribution in [0.15, 0.2) is 46.9 Å². The summed E-state index contributed by atoms with van der Waals surface area (Å²) in [6.07, 6.45) is 0.539. The molecular formula is C16H13Cl2NO. The molecule has 0 N–H and O–H groups in total. The fraction of sp³-hybridized carbons (Fsp3) is 0.188. The summed E-state index contributed by atoms with van der Waals surface area (Å²) in [6, 6.07) is 13.4. The van der Waals surface area contributed by atoms with Crippen LogP contribution in [0.5, 0.6) is 0 Å². The molecule has 1 unspecified atom stereocenters. The lowest BCUT2D eigenvalue weighted by atomic mass is 10.0. The van der Waals surface area contributed by atoms with Crippen molar-refractivity contribution in [3.8, 4) is 0 Å². The standard InChI is InChI=1S/C16H13Cl2NO/c1-10-6-7-11(17)8-12(10)13(18)9-16-19-14-4-2-3-5-15(14)20-16/h2-8,13H,9H2,1H3. The van der Waals surface area contributed by atoms with Gasteiger partial charge in [-0.05, 0) is 42.3 Å². The van der Waals surface area contributed by atoms with Gasteiger partial charge in [-0.25, -0.2) is 4.98 Å². The Kier molecular flexibility index (Phi) is 3.68. The molecular weight excluding hydrogens is 293 g/mol. The van der Waals surface area contributed by atoms with Crippen molar-refractivity contribution in [1.82, 2.24) is 4.98 Å². The largest absolute Gasteiger partial charge is 0.441 e. The molecule has 0 saturated carbocycles. The van der Waals surface area contributed by atoms with Gasteiger partial charge in [-0.2, -0.15) is 0 Å². The Labute approximate surface area is 127 Å². The van der Waals surface area contributed by atoms with Crippen LogP contribution >= 0.6 is 23.2 Å². The van der Waals surface area contributed by atoms with Gasteiger partial charge >= 0.3 is 0 Å². The number of hydrogen-bond donors (Lipinski definition) is 0. The highest BCUT2D eigenvalue weighted by Crippen LogP contribution is 2.30. The Morgan fingerprint density at radius 3 is 2.80 bits per heavy atom. The van der Waals surface area contributed by atoms with E-state index in [1.807, 2.05) is 49.4 Å². The molecule has 2 aromatic carbocycles. The molecule has 4 heteroatoms. The van der Waals surface area contributed by atoms with Crippen molar-refractivity contribution in [3.05, 3.63) is 64.5 Å². The van der Waals surface area contributed by atoms with Crippen molar-refractivity contribution in [2.75, 3.05) is 0 Å². The van der Waals surface area contributed by atoms with Gasteiger partial charge in [0.2, 0.25) is 0 Å². The number of oxazole rings is 1. The fourth-order valence-electron chi connectivity index (χ4n) is 2.22. The summed E-state index contributed by atoms with van der Waals surface area (Å²) in [6.45, 7) is 2.02. The van der Waals surface area contributed by atoms with Crippen LogP contribution in [-0.4, -0.2) is 4.98 Å². The first-order valence-corrected chi connectivity index (χ1v) is 7.19. The van der Waals surface area contributed by atoms with Gasteiger partial charge in [-0.3, -0.25) is 0 Å². The Hall–Kier alpha value is -1.51. The second-order valence-corrected chi connectivity index (χ2v) is 5.71. The van der Waals surface area contributed by atoms with Gasteiger partial charge in [-0.1, -0.05) is 29.8 Å². The number of benzene rings is 2. The van der Waals surface area contributed by atoms with Gasteiger partial charge in [0.25, 0.3) is 0 Å². The van der Waals surface area contributed by atoms with Crippen molar-refractivity contribution in [2.24, 2.45) is 0 Å². The van der Waals surface area contributed by atoms with Crippen LogP contribution in [-0.2, 0) is 6.42 Å². The van der Waals surface area contributed by atoms with Crippen molar-refractivity contribution in [1.29, 1.82) is 0 Å². The minimum atomic E-state index is -0.207. The molecule has 20 heavy (non-hydrogen) atoms. The van der Waals surface area contributed by atoms with Gasteiger partial charge < -0.3 is 4.42 Å². The highest BCUT2D eigenvalue weighted by atomic mass is 35.5. The highest BCUT2D eigenvalue weighted by Gasteiger charge is 2.16. The molecule has 1 aromatic heterocycles. The molecule has 1 atom stereocenters. The molecule has 0 aliphatic carbocycles. The maximum Gasteiger partial charge on any atom is 0.197 e. The highest BCUT2D eigenvalue weighted by molar-refractivity contribution is 6.30. The predicted molar refractivity (Wildman–Crippen MR) is 82.5 cm³/mol. The molecule has 0 saturated heterocycles. The Bertz CT molecular complexity index is 718. The number of para-hydroxylation sites is 2. The summed E-state index contributed by atoms with van der Waals surface area (Å²) in [7, 11) is 0. The maximum absolute atomic E-state index is 6.49. The first-order valence-electron chi connectivity index (χ1n) is 6.38. The van der Waals surface area contributed by atoms with Crippen LogP contribution in [0.3, 0.4) is 0 Å². The van der Waals surface area contributed by atoms with Gasteiger partial charge in [0.15, 0.2) is 11.5 Å². The molecule has 2 nitrogen and oxygen atoms in total. The number of aryl methyl sites for hydroxylation is 1. The topological polar surface area (TPSA) is 26.0 Å². The molecule has 102 valence electrons. The first-order chi connectivity index (χ1) is 9.63. The molecule has 0 amide bonds. The predicted octanol–water partition coefficient (Wildman–Crippen LogP) is 5.31. The zero-order valence-electron chi connectivity index (χ0n) is 10.9. The van der Waals surface area contributed by atoms with Crippen molar-refractivity contribution in [3.63, 3.8) is 0 Å². The smallest absolute Gasteiger partial charge is 0.197 e. The monoisotopic (exact) mass is 305 g/mol. The minimum absolute atomic E-state index is 0.207. The van der Waals surface area contributed by atoms with Crippen LogP contribution < -0.4 is 0 Å². The zero-order valence-corrected chi connectivity index (χ0v) is 12.4. The number of nitrogens with zero attached hydrogens (tertiary/aromatic N) is 1. The number of rotatable bonds is 3. The number of fused-ring (bicyclic) bond motifs is 1. The fourth-order valence-corrected chi connectivity index (χ4v) is 2.77. The normalized spacial score (nSPS) is 12.8. The Morgan fingerprint density at radius 2 is 2.00 bits per heavy atom. The van der Waals surface area contributed by atoms with Crippen LogP contribution in [0.1, 0.15) is 22.4 Å². The maximum atomic E-state index is 6.49. The summed E-state index contributed by atoms with van der Waals surface area (Å²) in [5.41, 5.74) is 3.77. The minimum Gasteiger partial charge on any atom is -0.441 e. The third-order valence-electron chi connectivity index (χ3n) is 3.27. The van der Waals surface area contributed by atoms with Gasteiger partial charge in [0.05, 0.1) is 5.38 Å². The second-order valence-electron chi connectivity index (χ2n) is 4.75. The van der Waals surface area contributed by atoms with E-state index in [2.05, 4.69) is 4.98 Å². The Balaban J connectivity index is 1.88. The van der Waals surface area contributed by atoms with Crippen molar-refractivity contribution in [2.45, 2.75) is 18.7 Å². The van der Waals surface area contributed by atoms with E-state index in [1.54, 1.807) is 0 Å². The Morgan fingerprint density at radius 1 is 1.20 bits per heavy atom. The van der Waals surface area contributed by atoms with Gasteiger partial charge in [0, 0.05) is 11.4 Å². The average molecular weight is 306 g/mol. The summed E-state index contributed by atoms with van der Waals surface area (Å²) in [5, 5.41) is 0.482. The number of hydrogen-bond acceptors (Lipinski definition) is 2. The van der Waals surface area contributed by atoms with Crippen LogP contribution in [0.25, 0.3) is 11.1 Å². The third-order valence-corrected chi connectivity index (χ3v) is 3.90. The molecule has 1 heterocycles. The molecule has 0 radical (unpaired) electrons. The summed E-state index contributed by atoms with van der Waals surface area (Å²) in [4.78, 5) is 4.45. The average Bonchev–Trinajstić information content (AvgIpc) is 2.83. The molecule has 0 aliphatic heterocycles. The van der Waals surface area contributed by atoms with Gasteiger partial charge in [-0.15, -0.1) is 11.6 Å². The zero-order chi connectivity index (χ0) is 14.1. The van der Waals surface area contributed by atoms with E-state index < -0.39 is 0 Å². The lowest BCUT2D eigenvalue weighted by Crippen LogP contribution is -1.98. The van der Waals surface area contributed by atoms with E-state index in [0.717, 1.165) is 22.2 Å². The van der Waals surface area contributed by atoms with Crippen LogP contribution in [0.2, 0.25) is 5.02 Å². The van der Waals surface area contributed by atoms with E-state index in [0.29, 0.717) is 17.3 Å². The molecule has 0 fully saturated rings. The van der Waals surface area contributed by atoms with Crippen molar-refractivity contribution < 1.29 is 4.42 Å². The number of halogens is 2. The lowest BCUT2D eigenvalue weighted by molar-refractivity contribution is 0.525. The van der Waals surface area contributed by atoms with E-state index in [4.69, 9.17) is 27.6 Å². The molecule has 3 rings (SSSR count). The summed E-state index contributed by atoms with van der Waals surface area (Å²) >= 11 is 12.5. The number of aromatic nitrogens is 1. The third kappa shape index (κ3) is 2.67. The summed E-state index contributed by atoms with van der Waals surface area (Å²) < 4.78 is 5.70. The quantitative estimate of drug-likeness (QED) is 0.613. The SMILES string of the molecule is Cc1ccc(Cl)cc1C(Cl)Cc1nc2ccccc2o1. The van der Waals surface area contributed by atoms with E-state index in [-0.39, 0.29) is 5.38 Å². The molecule has 3 aromatic rings. The molecule has 0 aliphatic rings. The van der Waals surface area contributed by atoms with Gasteiger partial charge in [0.1, 0.15) is 5.52 Å². The van der Waals surface area contributed by atoms with E-state index in [1.165, 1.54) is 0 Å². The number of alkyl halides is 1. The van der Waals surface area contributed by atoms with Crippen LogP contribution in [0, 0.1) is 6.92 Å².